The van der Waals surface area contributed by atoms with Crippen LogP contribution in [0.25, 0.3) is 0 Å². The minimum atomic E-state index is -3.90. The van der Waals surface area contributed by atoms with Crippen LogP contribution < -0.4 is 0 Å². The van der Waals surface area contributed by atoms with Crippen LogP contribution in [0.1, 0.15) is 46.4 Å². The lowest BCUT2D eigenvalue weighted by atomic mass is 10.0. The number of sulfonamides is 2. The monoisotopic (exact) mass is 558 g/mol. The summed E-state index contributed by atoms with van der Waals surface area (Å²) in [5, 5.41) is 0. The molecular weight excluding hydrogens is 524 g/mol. The normalized spacial score (nSPS) is 13.0. The second-order valence-electron chi connectivity index (χ2n) is 9.12. The van der Waals surface area contributed by atoms with Crippen LogP contribution >= 0.6 is 0 Å². The second kappa shape index (κ2) is 12.2. The molecule has 10 heteroatoms. The number of carbonyl (C=O) groups is 1. The minimum absolute atomic E-state index is 0.0638. The van der Waals surface area contributed by atoms with Crippen molar-refractivity contribution in [2.75, 3.05) is 27.2 Å². The molecule has 3 aromatic rings. The number of benzene rings is 3. The summed E-state index contributed by atoms with van der Waals surface area (Å²) in [7, 11) is -4.72. The van der Waals surface area contributed by atoms with Gasteiger partial charge >= 0.3 is 5.97 Å². The van der Waals surface area contributed by atoms with E-state index >= 15 is 0 Å². The van der Waals surface area contributed by atoms with Crippen molar-refractivity contribution in [1.82, 2.24) is 8.61 Å². The highest BCUT2D eigenvalue weighted by atomic mass is 32.2. The van der Waals surface area contributed by atoms with Gasteiger partial charge in [-0.3, -0.25) is 0 Å². The van der Waals surface area contributed by atoms with Crippen molar-refractivity contribution in [2.24, 2.45) is 0 Å². The Morgan fingerprint density at radius 3 is 1.71 bits per heavy atom. The van der Waals surface area contributed by atoms with Gasteiger partial charge in [0.2, 0.25) is 20.0 Å². The zero-order chi connectivity index (χ0) is 28.1. The molecule has 0 amide bonds. The molecule has 3 aromatic carbocycles. The molecule has 0 spiro atoms. The molecule has 0 aliphatic carbocycles. The minimum Gasteiger partial charge on any atom is -0.462 e. The highest BCUT2D eigenvalue weighted by molar-refractivity contribution is 7.89. The molecule has 1 atom stereocenters. The van der Waals surface area contributed by atoms with E-state index in [0.717, 1.165) is 11.1 Å². The van der Waals surface area contributed by atoms with E-state index < -0.39 is 32.1 Å². The lowest BCUT2D eigenvalue weighted by Gasteiger charge is -2.29. The van der Waals surface area contributed by atoms with Crippen LogP contribution in [0.4, 0.5) is 0 Å². The van der Waals surface area contributed by atoms with Crippen LogP contribution in [0.5, 0.6) is 0 Å². The maximum atomic E-state index is 13.5. The van der Waals surface area contributed by atoms with Crippen LogP contribution in [-0.4, -0.2) is 58.7 Å². The van der Waals surface area contributed by atoms with Crippen molar-refractivity contribution in [3.8, 4) is 0 Å². The van der Waals surface area contributed by atoms with Crippen molar-refractivity contribution < 1.29 is 26.4 Å². The molecule has 204 valence electrons. The Kier molecular flexibility index (Phi) is 9.48. The predicted octanol–water partition coefficient (Wildman–Crippen LogP) is 4.55. The van der Waals surface area contributed by atoms with Gasteiger partial charge in [-0.1, -0.05) is 47.5 Å². The Balaban J connectivity index is 1.93. The number of carbonyl (C=O) groups excluding carboxylic acids is 1. The van der Waals surface area contributed by atoms with Gasteiger partial charge < -0.3 is 4.74 Å². The third-order valence-electron chi connectivity index (χ3n) is 6.39. The highest BCUT2D eigenvalue weighted by Crippen LogP contribution is 2.30. The molecule has 0 fully saturated rings. The van der Waals surface area contributed by atoms with Gasteiger partial charge in [-0.25, -0.2) is 25.9 Å². The van der Waals surface area contributed by atoms with Gasteiger partial charge in [0.05, 0.1) is 28.0 Å². The van der Waals surface area contributed by atoms with Crippen LogP contribution in [0.3, 0.4) is 0 Å². The summed E-state index contributed by atoms with van der Waals surface area (Å²) in [4.78, 5) is 12.4. The lowest BCUT2D eigenvalue weighted by Crippen LogP contribution is -2.35. The van der Waals surface area contributed by atoms with E-state index in [4.69, 9.17) is 4.74 Å². The SMILES string of the molecule is CCOC(=O)c1ccc(C(CCN(C)S(=O)(=O)c2ccc(C)cc2)N(C)S(=O)(=O)c2ccc(C)cc2)cc1. The Labute approximate surface area is 226 Å². The van der Waals surface area contributed by atoms with Gasteiger partial charge in [0, 0.05) is 20.6 Å². The molecule has 0 heterocycles. The predicted molar refractivity (Wildman–Crippen MR) is 147 cm³/mol. The van der Waals surface area contributed by atoms with Gasteiger partial charge in [-0.05, 0) is 69.2 Å². The van der Waals surface area contributed by atoms with Crippen molar-refractivity contribution in [3.05, 3.63) is 95.1 Å². The first-order valence-electron chi connectivity index (χ1n) is 12.2. The highest BCUT2D eigenvalue weighted by Gasteiger charge is 2.31. The van der Waals surface area contributed by atoms with Gasteiger partial charge in [0.15, 0.2) is 0 Å². The Morgan fingerprint density at radius 2 is 1.24 bits per heavy atom. The fourth-order valence-electron chi connectivity index (χ4n) is 3.97. The van der Waals surface area contributed by atoms with Gasteiger partial charge in [0.25, 0.3) is 0 Å². The Morgan fingerprint density at radius 1 is 0.763 bits per heavy atom. The third kappa shape index (κ3) is 6.68. The number of esters is 1. The van der Waals surface area contributed by atoms with E-state index in [1.54, 1.807) is 79.7 Å². The average Bonchev–Trinajstić information content (AvgIpc) is 2.89. The zero-order valence-corrected chi connectivity index (χ0v) is 23.9. The maximum Gasteiger partial charge on any atom is 0.338 e. The van der Waals surface area contributed by atoms with Crippen LogP contribution in [0.15, 0.2) is 82.6 Å². The van der Waals surface area contributed by atoms with E-state index in [-0.39, 0.29) is 29.4 Å². The number of hydrogen-bond donors (Lipinski definition) is 0. The molecule has 1 unspecified atom stereocenters. The first-order chi connectivity index (χ1) is 17.9. The molecule has 0 aliphatic heterocycles. The number of rotatable bonds is 11. The summed E-state index contributed by atoms with van der Waals surface area (Å²) in [5.74, 6) is -0.472. The van der Waals surface area contributed by atoms with Gasteiger partial charge in [-0.2, -0.15) is 4.31 Å². The second-order valence-corrected chi connectivity index (χ2v) is 13.2. The molecule has 0 saturated heterocycles. The van der Waals surface area contributed by atoms with Gasteiger partial charge in [0.1, 0.15) is 0 Å². The summed E-state index contributed by atoms with van der Waals surface area (Å²) in [6.07, 6.45) is 0.182. The van der Waals surface area contributed by atoms with E-state index in [0.29, 0.717) is 11.1 Å². The molecular formula is C28H34N2O6S2. The average molecular weight is 559 g/mol. The Bertz CT molecular complexity index is 1450. The van der Waals surface area contributed by atoms with Crippen LogP contribution in [0.2, 0.25) is 0 Å². The largest absolute Gasteiger partial charge is 0.462 e. The maximum absolute atomic E-state index is 13.5. The first-order valence-corrected chi connectivity index (χ1v) is 15.1. The first kappa shape index (κ1) is 29.5. The molecule has 8 nitrogen and oxygen atoms in total. The quantitative estimate of drug-likeness (QED) is 0.320. The van der Waals surface area contributed by atoms with Crippen molar-refractivity contribution in [1.29, 1.82) is 0 Å². The third-order valence-corrected chi connectivity index (χ3v) is 10.1. The molecule has 0 saturated carbocycles. The lowest BCUT2D eigenvalue weighted by molar-refractivity contribution is 0.0526. The standard InChI is InChI=1S/C28H34N2O6S2/c1-6-36-28(31)24-13-11-23(12-14-24)27(30(5)38(34,35)26-17-9-22(3)10-18-26)19-20-29(4)37(32,33)25-15-7-21(2)8-16-25/h7-18,27H,6,19-20H2,1-5H3. The fraction of sp³-hybridized carbons (Fsp3) is 0.321. The molecule has 0 bridgehead atoms. The smallest absolute Gasteiger partial charge is 0.338 e. The molecule has 0 N–H and O–H groups in total. The summed E-state index contributed by atoms with van der Waals surface area (Å²) in [5.41, 5.74) is 2.84. The zero-order valence-electron chi connectivity index (χ0n) is 22.3. The van der Waals surface area contributed by atoms with Gasteiger partial charge in [-0.15, -0.1) is 0 Å². The number of aryl methyl sites for hydroxylation is 2. The van der Waals surface area contributed by atoms with Crippen LogP contribution in [-0.2, 0) is 24.8 Å². The summed E-state index contributed by atoms with van der Waals surface area (Å²) in [6.45, 7) is 5.77. The van der Waals surface area contributed by atoms with Crippen LogP contribution in [0, 0.1) is 13.8 Å². The molecule has 3 rings (SSSR count). The number of nitrogens with zero attached hydrogens (tertiary/aromatic N) is 2. The number of hydrogen-bond acceptors (Lipinski definition) is 6. The van der Waals surface area contributed by atoms with E-state index in [1.807, 2.05) is 13.8 Å². The molecule has 0 aliphatic rings. The van der Waals surface area contributed by atoms with Crippen molar-refractivity contribution in [2.45, 2.75) is 43.0 Å². The summed E-state index contributed by atoms with van der Waals surface area (Å²) in [6, 6.07) is 18.9. The Hall–Kier alpha value is -3.05. The van der Waals surface area contributed by atoms with E-state index in [1.165, 1.54) is 22.7 Å². The summed E-state index contributed by atoms with van der Waals surface area (Å²) >= 11 is 0. The molecule has 0 radical (unpaired) electrons. The topological polar surface area (TPSA) is 101 Å². The molecule has 38 heavy (non-hydrogen) atoms. The molecule has 0 aromatic heterocycles. The van der Waals surface area contributed by atoms with E-state index in [9.17, 15) is 21.6 Å². The fourth-order valence-corrected chi connectivity index (χ4v) is 6.53. The van der Waals surface area contributed by atoms with Crippen molar-refractivity contribution in [3.63, 3.8) is 0 Å². The number of ether oxygens (including phenoxy) is 1. The van der Waals surface area contributed by atoms with Crippen molar-refractivity contribution >= 4 is 26.0 Å². The summed E-state index contributed by atoms with van der Waals surface area (Å²) < 4.78 is 60.9. The van der Waals surface area contributed by atoms with E-state index in [2.05, 4.69) is 0 Å².